The van der Waals surface area contributed by atoms with Gasteiger partial charge in [0, 0.05) is 0 Å². The van der Waals surface area contributed by atoms with Gasteiger partial charge in [-0.15, -0.1) is 0 Å². The predicted octanol–water partition coefficient (Wildman–Crippen LogP) is 3.33. The highest BCUT2D eigenvalue weighted by Crippen LogP contribution is 2.28. The number of rotatable bonds is 5. The lowest BCUT2D eigenvalue weighted by atomic mass is 10.2. The van der Waals surface area contributed by atoms with E-state index in [9.17, 15) is 0 Å². The average molecular weight is 280 g/mol. The molecule has 0 radical (unpaired) electrons. The normalized spacial score (nSPS) is 10.1. The number of nitrogens with zero attached hydrogens (tertiary/aromatic N) is 1. The van der Waals surface area contributed by atoms with Gasteiger partial charge in [0.1, 0.15) is 17.5 Å². The fourth-order valence-corrected chi connectivity index (χ4v) is 1.70. The first-order valence-corrected chi connectivity index (χ1v) is 6.06. The van der Waals surface area contributed by atoms with Crippen LogP contribution in [0.5, 0.6) is 17.2 Å². The van der Waals surface area contributed by atoms with Gasteiger partial charge in [0.15, 0.2) is 11.5 Å². The quantitative estimate of drug-likeness (QED) is 0.787. The van der Waals surface area contributed by atoms with Gasteiger partial charge in [0.05, 0.1) is 20.4 Å². The molecular formula is C14H14ClNO3. The molecule has 0 spiro atoms. The maximum atomic E-state index is 5.70. The number of aromatic nitrogens is 1. The number of hydrogen-bond acceptors (Lipinski definition) is 4. The van der Waals surface area contributed by atoms with Crippen molar-refractivity contribution in [2.45, 2.75) is 6.61 Å². The molecule has 0 saturated carbocycles. The molecule has 0 N–H and O–H groups in total. The van der Waals surface area contributed by atoms with E-state index in [2.05, 4.69) is 4.98 Å². The number of ether oxygens (including phenoxy) is 3. The van der Waals surface area contributed by atoms with Crippen molar-refractivity contribution in [3.63, 3.8) is 0 Å². The largest absolute Gasteiger partial charge is 0.493 e. The minimum Gasteiger partial charge on any atom is -0.493 e. The van der Waals surface area contributed by atoms with Gasteiger partial charge in [0.25, 0.3) is 0 Å². The Morgan fingerprint density at radius 3 is 2.47 bits per heavy atom. The van der Waals surface area contributed by atoms with Crippen LogP contribution in [-0.4, -0.2) is 19.2 Å². The second kappa shape index (κ2) is 6.29. The Morgan fingerprint density at radius 2 is 1.84 bits per heavy atom. The van der Waals surface area contributed by atoms with Crippen LogP contribution in [-0.2, 0) is 6.61 Å². The number of hydrogen-bond donors (Lipinski definition) is 0. The average Bonchev–Trinajstić information content (AvgIpc) is 2.46. The molecule has 0 fully saturated rings. The number of methoxy groups -OCH3 is 2. The lowest BCUT2D eigenvalue weighted by Crippen LogP contribution is -1.97. The SMILES string of the molecule is COc1ccc(COc2ccc(Cl)nc2)cc1OC. The molecule has 0 aliphatic carbocycles. The van der Waals surface area contributed by atoms with Crippen molar-refractivity contribution >= 4 is 11.6 Å². The van der Waals surface area contributed by atoms with Crippen LogP contribution in [0.25, 0.3) is 0 Å². The number of pyridine rings is 1. The molecule has 0 amide bonds. The Morgan fingerprint density at radius 1 is 1.05 bits per heavy atom. The van der Waals surface area contributed by atoms with Crippen LogP contribution < -0.4 is 14.2 Å². The molecule has 100 valence electrons. The lowest BCUT2D eigenvalue weighted by molar-refractivity contribution is 0.302. The zero-order chi connectivity index (χ0) is 13.7. The molecule has 0 bridgehead atoms. The van der Waals surface area contributed by atoms with Gasteiger partial charge in [-0.25, -0.2) is 4.98 Å². The summed E-state index contributed by atoms with van der Waals surface area (Å²) in [6, 6.07) is 9.10. The second-order valence-electron chi connectivity index (χ2n) is 3.79. The van der Waals surface area contributed by atoms with Crippen molar-refractivity contribution in [2.75, 3.05) is 14.2 Å². The Labute approximate surface area is 116 Å². The van der Waals surface area contributed by atoms with Crippen molar-refractivity contribution in [1.82, 2.24) is 4.98 Å². The van der Waals surface area contributed by atoms with E-state index in [1.807, 2.05) is 18.2 Å². The minimum absolute atomic E-state index is 0.420. The summed E-state index contributed by atoms with van der Waals surface area (Å²) in [6.07, 6.45) is 1.59. The molecule has 0 unspecified atom stereocenters. The van der Waals surface area contributed by atoms with E-state index in [4.69, 9.17) is 25.8 Å². The smallest absolute Gasteiger partial charge is 0.161 e. The van der Waals surface area contributed by atoms with E-state index in [1.54, 1.807) is 32.5 Å². The van der Waals surface area contributed by atoms with Gasteiger partial charge in [-0.2, -0.15) is 0 Å². The van der Waals surface area contributed by atoms with Gasteiger partial charge in [-0.3, -0.25) is 0 Å². The summed E-state index contributed by atoms with van der Waals surface area (Å²) >= 11 is 5.70. The van der Waals surface area contributed by atoms with Gasteiger partial charge >= 0.3 is 0 Å². The molecule has 19 heavy (non-hydrogen) atoms. The molecule has 0 saturated heterocycles. The van der Waals surface area contributed by atoms with Gasteiger partial charge < -0.3 is 14.2 Å². The molecule has 1 aromatic carbocycles. The fraction of sp³-hybridized carbons (Fsp3) is 0.214. The zero-order valence-corrected chi connectivity index (χ0v) is 11.5. The molecule has 1 aromatic heterocycles. The second-order valence-corrected chi connectivity index (χ2v) is 4.18. The molecule has 1 heterocycles. The van der Waals surface area contributed by atoms with E-state index in [1.165, 1.54) is 0 Å². The first-order chi connectivity index (χ1) is 9.22. The standard InChI is InChI=1S/C14H14ClNO3/c1-17-12-5-3-10(7-13(12)18-2)9-19-11-4-6-14(15)16-8-11/h3-8H,9H2,1-2H3. The molecule has 0 aliphatic heterocycles. The first kappa shape index (κ1) is 13.5. The van der Waals surface area contributed by atoms with Crippen LogP contribution in [0.1, 0.15) is 5.56 Å². The third-order valence-electron chi connectivity index (χ3n) is 2.55. The van der Waals surface area contributed by atoms with Crippen LogP contribution in [0.15, 0.2) is 36.5 Å². The van der Waals surface area contributed by atoms with E-state index in [0.717, 1.165) is 5.56 Å². The van der Waals surface area contributed by atoms with Crippen molar-refractivity contribution in [3.8, 4) is 17.2 Å². The van der Waals surface area contributed by atoms with Crippen LogP contribution >= 0.6 is 11.6 Å². The summed E-state index contributed by atoms with van der Waals surface area (Å²) in [5, 5.41) is 0.443. The third kappa shape index (κ3) is 3.51. The Kier molecular flexibility index (Phi) is 4.47. The van der Waals surface area contributed by atoms with Crippen LogP contribution in [0.2, 0.25) is 5.15 Å². The monoisotopic (exact) mass is 279 g/mol. The first-order valence-electron chi connectivity index (χ1n) is 5.68. The molecule has 0 atom stereocenters. The highest BCUT2D eigenvalue weighted by Gasteiger charge is 2.05. The minimum atomic E-state index is 0.420. The molecule has 2 rings (SSSR count). The zero-order valence-electron chi connectivity index (χ0n) is 10.7. The van der Waals surface area contributed by atoms with Crippen molar-refractivity contribution < 1.29 is 14.2 Å². The predicted molar refractivity (Wildman–Crippen MR) is 73.1 cm³/mol. The van der Waals surface area contributed by atoms with E-state index < -0.39 is 0 Å². The lowest BCUT2D eigenvalue weighted by Gasteiger charge is -2.10. The molecule has 5 heteroatoms. The van der Waals surface area contributed by atoms with Crippen molar-refractivity contribution in [3.05, 3.63) is 47.2 Å². The molecule has 0 aliphatic rings. The molecular weight excluding hydrogens is 266 g/mol. The summed E-state index contributed by atoms with van der Waals surface area (Å²) < 4.78 is 16.0. The Bertz CT molecular complexity index is 543. The van der Waals surface area contributed by atoms with Crippen molar-refractivity contribution in [2.24, 2.45) is 0 Å². The number of benzene rings is 1. The van der Waals surface area contributed by atoms with Crippen LogP contribution in [0.4, 0.5) is 0 Å². The van der Waals surface area contributed by atoms with Crippen LogP contribution in [0.3, 0.4) is 0 Å². The fourth-order valence-electron chi connectivity index (χ4n) is 1.58. The topological polar surface area (TPSA) is 40.6 Å². The van der Waals surface area contributed by atoms with Gasteiger partial charge in [-0.05, 0) is 29.8 Å². The summed E-state index contributed by atoms with van der Waals surface area (Å²) in [7, 11) is 3.21. The summed E-state index contributed by atoms with van der Waals surface area (Å²) in [4.78, 5) is 3.95. The van der Waals surface area contributed by atoms with E-state index in [0.29, 0.717) is 29.0 Å². The highest BCUT2D eigenvalue weighted by molar-refractivity contribution is 6.29. The van der Waals surface area contributed by atoms with Gasteiger partial charge in [-0.1, -0.05) is 17.7 Å². The summed E-state index contributed by atoms with van der Waals surface area (Å²) in [5.74, 6) is 2.04. The number of halogens is 1. The van der Waals surface area contributed by atoms with Gasteiger partial charge in [0.2, 0.25) is 0 Å². The van der Waals surface area contributed by atoms with Crippen LogP contribution in [0, 0.1) is 0 Å². The maximum Gasteiger partial charge on any atom is 0.161 e. The Balaban J connectivity index is 2.05. The van der Waals surface area contributed by atoms with E-state index >= 15 is 0 Å². The third-order valence-corrected chi connectivity index (χ3v) is 2.78. The molecule has 2 aromatic rings. The van der Waals surface area contributed by atoms with Crippen molar-refractivity contribution in [1.29, 1.82) is 0 Å². The summed E-state index contributed by atoms with van der Waals surface area (Å²) in [5.41, 5.74) is 0.979. The summed E-state index contributed by atoms with van der Waals surface area (Å²) in [6.45, 7) is 0.420. The Hall–Kier alpha value is -1.94. The van der Waals surface area contributed by atoms with E-state index in [-0.39, 0.29) is 0 Å². The highest BCUT2D eigenvalue weighted by atomic mass is 35.5. The maximum absolute atomic E-state index is 5.70. The molecule has 4 nitrogen and oxygen atoms in total.